The van der Waals surface area contributed by atoms with Gasteiger partial charge < -0.3 is 20.1 Å². The van der Waals surface area contributed by atoms with Crippen LogP contribution in [0.15, 0.2) is 47.4 Å². The van der Waals surface area contributed by atoms with Gasteiger partial charge in [0.05, 0.1) is 11.4 Å². The SMILES string of the molecule is CC(=O)Nc1ccc(S(=O)(=O)NCC(=O)Nc2ccc3c(c2)OC2(CCCC2)O3)cc1. The molecule has 1 heterocycles. The molecule has 31 heavy (non-hydrogen) atoms. The van der Waals surface area contributed by atoms with Crippen molar-refractivity contribution in [1.82, 2.24) is 4.72 Å². The molecule has 2 aromatic carbocycles. The smallest absolute Gasteiger partial charge is 0.251 e. The second-order valence-corrected chi connectivity index (χ2v) is 9.33. The van der Waals surface area contributed by atoms with Crippen molar-refractivity contribution in [3.05, 3.63) is 42.5 Å². The summed E-state index contributed by atoms with van der Waals surface area (Å²) in [6.07, 6.45) is 3.76. The molecule has 2 amide bonds. The van der Waals surface area contributed by atoms with Crippen LogP contribution in [0.4, 0.5) is 11.4 Å². The summed E-state index contributed by atoms with van der Waals surface area (Å²) in [6.45, 7) is 0.923. The number of carbonyl (C=O) groups excluding carboxylic acids is 2. The predicted octanol–water partition coefficient (Wildman–Crippen LogP) is 2.60. The van der Waals surface area contributed by atoms with Gasteiger partial charge >= 0.3 is 0 Å². The first-order chi connectivity index (χ1) is 14.7. The number of fused-ring (bicyclic) bond motifs is 1. The molecule has 2 aromatic rings. The van der Waals surface area contributed by atoms with E-state index in [2.05, 4.69) is 15.4 Å². The van der Waals surface area contributed by atoms with Gasteiger partial charge in [-0.05, 0) is 49.2 Å². The van der Waals surface area contributed by atoms with Gasteiger partial charge in [-0.1, -0.05) is 0 Å². The summed E-state index contributed by atoms with van der Waals surface area (Å²) in [5, 5.41) is 5.21. The lowest BCUT2D eigenvalue weighted by Crippen LogP contribution is -2.34. The third-order valence-corrected chi connectivity index (χ3v) is 6.51. The molecule has 10 heteroatoms. The van der Waals surface area contributed by atoms with Crippen molar-refractivity contribution in [2.24, 2.45) is 0 Å². The second kappa shape index (κ2) is 8.20. The Kier molecular flexibility index (Phi) is 5.59. The number of anilines is 2. The van der Waals surface area contributed by atoms with Gasteiger partial charge in [0.15, 0.2) is 11.5 Å². The molecule has 1 aliphatic heterocycles. The van der Waals surface area contributed by atoms with Crippen LogP contribution in [-0.4, -0.2) is 32.6 Å². The number of nitrogens with one attached hydrogen (secondary N) is 3. The lowest BCUT2D eigenvalue weighted by Gasteiger charge is -2.21. The second-order valence-electron chi connectivity index (χ2n) is 7.56. The van der Waals surface area contributed by atoms with Gasteiger partial charge in [-0.25, -0.2) is 13.1 Å². The molecule has 1 spiro atoms. The fourth-order valence-electron chi connectivity index (χ4n) is 3.66. The Labute approximate surface area is 180 Å². The number of rotatable bonds is 6. The Balaban J connectivity index is 1.34. The lowest BCUT2D eigenvalue weighted by atomic mass is 10.2. The summed E-state index contributed by atoms with van der Waals surface area (Å²) in [5.74, 6) is -0.154. The zero-order chi connectivity index (χ0) is 22.1. The van der Waals surface area contributed by atoms with E-state index in [1.807, 2.05) is 0 Å². The van der Waals surface area contributed by atoms with Crippen molar-refractivity contribution in [1.29, 1.82) is 0 Å². The molecule has 1 fully saturated rings. The van der Waals surface area contributed by atoms with Crippen LogP contribution in [0.3, 0.4) is 0 Å². The van der Waals surface area contributed by atoms with Gasteiger partial charge in [-0.3, -0.25) is 9.59 Å². The van der Waals surface area contributed by atoms with Gasteiger partial charge in [0.25, 0.3) is 5.79 Å². The molecule has 0 radical (unpaired) electrons. The quantitative estimate of drug-likeness (QED) is 0.628. The van der Waals surface area contributed by atoms with Crippen molar-refractivity contribution in [3.8, 4) is 11.5 Å². The van der Waals surface area contributed by atoms with Crippen LogP contribution in [0, 0.1) is 0 Å². The number of carbonyl (C=O) groups is 2. The van der Waals surface area contributed by atoms with Crippen molar-refractivity contribution in [2.75, 3.05) is 17.2 Å². The summed E-state index contributed by atoms with van der Waals surface area (Å²) in [4.78, 5) is 23.3. The molecule has 0 aromatic heterocycles. The Bertz CT molecular complexity index is 1110. The Morgan fingerprint density at radius 2 is 1.58 bits per heavy atom. The highest BCUT2D eigenvalue weighted by atomic mass is 32.2. The molecule has 3 N–H and O–H groups in total. The Morgan fingerprint density at radius 3 is 2.26 bits per heavy atom. The molecule has 4 rings (SSSR count). The van der Waals surface area contributed by atoms with E-state index in [4.69, 9.17) is 9.47 Å². The fraction of sp³-hybridized carbons (Fsp3) is 0.333. The van der Waals surface area contributed by atoms with E-state index in [1.165, 1.54) is 31.2 Å². The van der Waals surface area contributed by atoms with E-state index in [0.29, 0.717) is 22.9 Å². The average molecular weight is 445 g/mol. The maximum Gasteiger partial charge on any atom is 0.251 e. The van der Waals surface area contributed by atoms with Crippen LogP contribution in [0.2, 0.25) is 0 Å². The molecule has 2 aliphatic rings. The summed E-state index contributed by atoms with van der Waals surface area (Å²) in [5.41, 5.74) is 0.965. The van der Waals surface area contributed by atoms with Crippen LogP contribution in [0.1, 0.15) is 32.6 Å². The molecule has 1 aliphatic carbocycles. The predicted molar refractivity (Wildman–Crippen MR) is 113 cm³/mol. The molecular weight excluding hydrogens is 422 g/mol. The molecule has 0 bridgehead atoms. The van der Waals surface area contributed by atoms with Crippen LogP contribution in [0.5, 0.6) is 11.5 Å². The summed E-state index contributed by atoms with van der Waals surface area (Å²) in [6, 6.07) is 10.7. The van der Waals surface area contributed by atoms with Crippen molar-refractivity contribution < 1.29 is 27.5 Å². The molecule has 0 atom stereocenters. The zero-order valence-corrected chi connectivity index (χ0v) is 17.8. The van der Waals surface area contributed by atoms with Crippen LogP contribution >= 0.6 is 0 Å². The molecule has 1 saturated carbocycles. The molecular formula is C21H23N3O6S. The normalized spacial score (nSPS) is 16.3. The Hall–Kier alpha value is -3.11. The largest absolute Gasteiger partial charge is 0.448 e. The van der Waals surface area contributed by atoms with E-state index in [-0.39, 0.29) is 10.8 Å². The van der Waals surface area contributed by atoms with Gasteiger partial charge in [0.1, 0.15) is 0 Å². The molecule has 0 saturated heterocycles. The van der Waals surface area contributed by atoms with Crippen LogP contribution in [0.25, 0.3) is 0 Å². The van der Waals surface area contributed by atoms with Crippen molar-refractivity contribution in [2.45, 2.75) is 43.3 Å². The highest BCUT2D eigenvalue weighted by molar-refractivity contribution is 7.89. The summed E-state index contributed by atoms with van der Waals surface area (Å²) in [7, 11) is -3.89. The first-order valence-electron chi connectivity index (χ1n) is 9.94. The maximum atomic E-state index is 12.4. The average Bonchev–Trinajstić information content (AvgIpc) is 3.32. The van der Waals surface area contributed by atoms with Gasteiger partial charge in [0, 0.05) is 37.2 Å². The molecule has 9 nitrogen and oxygen atoms in total. The topological polar surface area (TPSA) is 123 Å². The maximum absolute atomic E-state index is 12.4. The number of sulfonamides is 1. The number of ether oxygens (including phenoxy) is 2. The van der Waals surface area contributed by atoms with Gasteiger partial charge in [-0.2, -0.15) is 0 Å². The van der Waals surface area contributed by atoms with Crippen LogP contribution < -0.4 is 24.8 Å². The number of hydrogen-bond acceptors (Lipinski definition) is 6. The fourth-order valence-corrected chi connectivity index (χ4v) is 4.64. The van der Waals surface area contributed by atoms with Crippen LogP contribution in [-0.2, 0) is 19.6 Å². The number of hydrogen-bond donors (Lipinski definition) is 3. The zero-order valence-electron chi connectivity index (χ0n) is 16.9. The van der Waals surface area contributed by atoms with Crippen molar-refractivity contribution in [3.63, 3.8) is 0 Å². The lowest BCUT2D eigenvalue weighted by molar-refractivity contribution is -0.115. The summed E-state index contributed by atoms with van der Waals surface area (Å²) < 4.78 is 39.0. The number of amides is 2. The van der Waals surface area contributed by atoms with E-state index in [0.717, 1.165) is 25.7 Å². The minimum Gasteiger partial charge on any atom is -0.448 e. The first-order valence-corrected chi connectivity index (χ1v) is 11.4. The van der Waals surface area contributed by atoms with Gasteiger partial charge in [-0.15, -0.1) is 0 Å². The minimum atomic E-state index is -3.89. The van der Waals surface area contributed by atoms with E-state index in [1.54, 1.807) is 18.2 Å². The monoisotopic (exact) mass is 445 g/mol. The van der Waals surface area contributed by atoms with Gasteiger partial charge in [0.2, 0.25) is 21.8 Å². The third kappa shape index (κ3) is 4.80. The molecule has 0 unspecified atom stereocenters. The van der Waals surface area contributed by atoms with E-state index < -0.39 is 28.3 Å². The number of benzene rings is 2. The highest BCUT2D eigenvalue weighted by Gasteiger charge is 2.44. The van der Waals surface area contributed by atoms with Crippen molar-refractivity contribution >= 4 is 33.2 Å². The third-order valence-electron chi connectivity index (χ3n) is 5.09. The minimum absolute atomic E-state index is 0.0145. The van der Waals surface area contributed by atoms with E-state index in [9.17, 15) is 18.0 Å². The standard InChI is InChI=1S/C21H23N3O6S/c1-14(25)23-15-4-7-17(8-5-15)31(27,28)22-13-20(26)24-16-6-9-18-19(12-16)30-21(29-18)10-2-3-11-21/h4-9,12,22H,2-3,10-11,13H2,1H3,(H,23,25)(H,24,26). The molecule has 164 valence electrons. The summed E-state index contributed by atoms with van der Waals surface area (Å²) >= 11 is 0. The first kappa shape index (κ1) is 21.1. The van der Waals surface area contributed by atoms with E-state index >= 15 is 0 Å². The Morgan fingerprint density at radius 1 is 0.935 bits per heavy atom. The highest BCUT2D eigenvalue weighted by Crippen LogP contribution is 2.47.